The standard InChI is InChI=1S/C17H17ClN2/c1-12-10-15(9-8-14(12)11-19)20(3)13(2)16-6-4-5-7-17(16)18/h4-10,13H,1-3H3. The van der Waals surface area contributed by atoms with E-state index in [0.29, 0.717) is 5.56 Å². The Labute approximate surface area is 125 Å². The number of rotatable bonds is 3. The first kappa shape index (κ1) is 14.4. The molecule has 2 aromatic carbocycles. The third-order valence-electron chi connectivity index (χ3n) is 3.67. The minimum absolute atomic E-state index is 0.163. The molecule has 1 unspecified atom stereocenters. The van der Waals surface area contributed by atoms with Gasteiger partial charge in [-0.25, -0.2) is 0 Å². The Morgan fingerprint density at radius 3 is 2.50 bits per heavy atom. The maximum atomic E-state index is 8.99. The molecule has 0 radical (unpaired) electrons. The second-order valence-corrected chi connectivity index (χ2v) is 5.33. The third-order valence-corrected chi connectivity index (χ3v) is 4.02. The Balaban J connectivity index is 2.32. The van der Waals surface area contributed by atoms with Gasteiger partial charge in [0.05, 0.1) is 17.7 Å². The summed E-state index contributed by atoms with van der Waals surface area (Å²) in [4.78, 5) is 2.16. The van der Waals surface area contributed by atoms with Crippen molar-refractivity contribution < 1.29 is 0 Å². The van der Waals surface area contributed by atoms with Crippen LogP contribution in [-0.4, -0.2) is 7.05 Å². The average molecular weight is 285 g/mol. The van der Waals surface area contributed by atoms with Crippen LogP contribution in [0.25, 0.3) is 0 Å². The number of benzene rings is 2. The Morgan fingerprint density at radius 2 is 1.90 bits per heavy atom. The highest BCUT2D eigenvalue weighted by atomic mass is 35.5. The zero-order chi connectivity index (χ0) is 14.7. The van der Waals surface area contributed by atoms with Crippen LogP contribution >= 0.6 is 11.6 Å². The molecular formula is C17H17ClN2. The molecule has 0 amide bonds. The second kappa shape index (κ2) is 5.98. The zero-order valence-electron chi connectivity index (χ0n) is 11.9. The molecule has 0 spiro atoms. The highest BCUT2D eigenvalue weighted by Gasteiger charge is 2.15. The van der Waals surface area contributed by atoms with E-state index in [4.69, 9.17) is 16.9 Å². The molecule has 2 aromatic rings. The lowest BCUT2D eigenvalue weighted by molar-refractivity contribution is 0.740. The van der Waals surface area contributed by atoms with E-state index in [0.717, 1.165) is 21.8 Å². The molecule has 0 heterocycles. The third kappa shape index (κ3) is 2.79. The van der Waals surface area contributed by atoms with Crippen LogP contribution in [0.1, 0.15) is 29.7 Å². The zero-order valence-corrected chi connectivity index (χ0v) is 12.6. The molecule has 102 valence electrons. The molecule has 0 saturated carbocycles. The molecule has 0 aliphatic carbocycles. The number of nitriles is 1. The van der Waals surface area contributed by atoms with E-state index in [2.05, 4.69) is 17.9 Å². The first-order valence-corrected chi connectivity index (χ1v) is 6.90. The van der Waals surface area contributed by atoms with Gasteiger partial charge in [-0.05, 0) is 49.2 Å². The molecule has 2 nitrogen and oxygen atoms in total. The fourth-order valence-electron chi connectivity index (χ4n) is 2.24. The SMILES string of the molecule is Cc1cc(N(C)C(C)c2ccccc2Cl)ccc1C#N. The van der Waals surface area contributed by atoms with E-state index in [1.165, 1.54) is 0 Å². The molecule has 0 aliphatic rings. The van der Waals surface area contributed by atoms with Crippen molar-refractivity contribution in [1.29, 1.82) is 5.26 Å². The average Bonchev–Trinajstić information content (AvgIpc) is 2.46. The molecule has 2 rings (SSSR count). The molecule has 0 fully saturated rings. The summed E-state index contributed by atoms with van der Waals surface area (Å²) in [6.07, 6.45) is 0. The van der Waals surface area contributed by atoms with Crippen LogP contribution in [0.4, 0.5) is 5.69 Å². The molecule has 0 aromatic heterocycles. The minimum Gasteiger partial charge on any atom is -0.368 e. The van der Waals surface area contributed by atoms with Crippen LogP contribution in [0.2, 0.25) is 5.02 Å². The number of hydrogen-bond donors (Lipinski definition) is 0. The van der Waals surface area contributed by atoms with E-state index in [-0.39, 0.29) is 6.04 Å². The van der Waals surface area contributed by atoms with E-state index >= 15 is 0 Å². The lowest BCUT2D eigenvalue weighted by Crippen LogP contribution is -2.22. The Morgan fingerprint density at radius 1 is 1.20 bits per heavy atom. The fraction of sp³-hybridized carbons (Fsp3) is 0.235. The number of halogens is 1. The van der Waals surface area contributed by atoms with Gasteiger partial charge in [-0.2, -0.15) is 5.26 Å². The molecule has 0 N–H and O–H groups in total. The van der Waals surface area contributed by atoms with Crippen LogP contribution in [0.5, 0.6) is 0 Å². The highest BCUT2D eigenvalue weighted by molar-refractivity contribution is 6.31. The van der Waals surface area contributed by atoms with Gasteiger partial charge in [-0.1, -0.05) is 29.8 Å². The van der Waals surface area contributed by atoms with Crippen molar-refractivity contribution in [3.05, 3.63) is 64.2 Å². The van der Waals surface area contributed by atoms with E-state index in [1.807, 2.05) is 56.4 Å². The molecule has 0 bridgehead atoms. The summed E-state index contributed by atoms with van der Waals surface area (Å²) in [5.74, 6) is 0. The first-order valence-electron chi connectivity index (χ1n) is 6.52. The summed E-state index contributed by atoms with van der Waals surface area (Å²) in [6, 6.07) is 16.1. The van der Waals surface area contributed by atoms with Gasteiger partial charge in [0, 0.05) is 17.8 Å². The second-order valence-electron chi connectivity index (χ2n) is 4.92. The van der Waals surface area contributed by atoms with Crippen LogP contribution in [-0.2, 0) is 0 Å². The lowest BCUT2D eigenvalue weighted by Gasteiger charge is -2.28. The van der Waals surface area contributed by atoms with Crippen molar-refractivity contribution in [2.24, 2.45) is 0 Å². The van der Waals surface area contributed by atoms with E-state index in [1.54, 1.807) is 0 Å². The van der Waals surface area contributed by atoms with Crippen LogP contribution < -0.4 is 4.90 Å². The lowest BCUT2D eigenvalue weighted by atomic mass is 10.0. The minimum atomic E-state index is 0.163. The van der Waals surface area contributed by atoms with Gasteiger partial charge in [0.15, 0.2) is 0 Å². The summed E-state index contributed by atoms with van der Waals surface area (Å²) >= 11 is 6.26. The summed E-state index contributed by atoms with van der Waals surface area (Å²) in [6.45, 7) is 4.07. The summed E-state index contributed by atoms with van der Waals surface area (Å²) < 4.78 is 0. The van der Waals surface area contributed by atoms with Gasteiger partial charge in [0.2, 0.25) is 0 Å². The van der Waals surface area contributed by atoms with Gasteiger partial charge in [-0.15, -0.1) is 0 Å². The molecule has 0 aliphatic heterocycles. The molecule has 3 heteroatoms. The van der Waals surface area contributed by atoms with Crippen molar-refractivity contribution in [1.82, 2.24) is 0 Å². The number of anilines is 1. The predicted octanol–water partition coefficient (Wildman–Crippen LogP) is 4.72. The number of aryl methyl sites for hydroxylation is 1. The summed E-state index contributed by atoms with van der Waals surface area (Å²) in [5.41, 5.74) is 3.88. The van der Waals surface area contributed by atoms with Crippen molar-refractivity contribution >= 4 is 17.3 Å². The summed E-state index contributed by atoms with van der Waals surface area (Å²) in [7, 11) is 2.04. The fourth-order valence-corrected chi connectivity index (χ4v) is 2.53. The Bertz CT molecular complexity index is 658. The largest absolute Gasteiger partial charge is 0.368 e. The van der Waals surface area contributed by atoms with Gasteiger partial charge >= 0.3 is 0 Å². The molecule has 20 heavy (non-hydrogen) atoms. The first-order chi connectivity index (χ1) is 9.54. The van der Waals surface area contributed by atoms with Gasteiger partial charge in [0.1, 0.15) is 0 Å². The highest BCUT2D eigenvalue weighted by Crippen LogP contribution is 2.30. The van der Waals surface area contributed by atoms with Gasteiger partial charge in [0.25, 0.3) is 0 Å². The topological polar surface area (TPSA) is 27.0 Å². The van der Waals surface area contributed by atoms with Crippen molar-refractivity contribution in [2.45, 2.75) is 19.9 Å². The maximum Gasteiger partial charge on any atom is 0.0994 e. The Hall–Kier alpha value is -1.98. The predicted molar refractivity (Wildman–Crippen MR) is 84.2 cm³/mol. The molecule has 0 saturated heterocycles. The monoisotopic (exact) mass is 284 g/mol. The van der Waals surface area contributed by atoms with Crippen molar-refractivity contribution in [3.8, 4) is 6.07 Å². The van der Waals surface area contributed by atoms with E-state index in [9.17, 15) is 0 Å². The van der Waals surface area contributed by atoms with Gasteiger partial charge in [-0.3, -0.25) is 0 Å². The quantitative estimate of drug-likeness (QED) is 0.815. The van der Waals surface area contributed by atoms with Crippen molar-refractivity contribution in [2.75, 3.05) is 11.9 Å². The van der Waals surface area contributed by atoms with Crippen LogP contribution in [0, 0.1) is 18.3 Å². The molecular weight excluding hydrogens is 268 g/mol. The normalized spacial score (nSPS) is 11.8. The van der Waals surface area contributed by atoms with Crippen LogP contribution in [0.15, 0.2) is 42.5 Å². The van der Waals surface area contributed by atoms with E-state index < -0.39 is 0 Å². The molecule has 1 atom stereocenters. The van der Waals surface area contributed by atoms with Gasteiger partial charge < -0.3 is 4.90 Å². The smallest absolute Gasteiger partial charge is 0.0994 e. The number of hydrogen-bond acceptors (Lipinski definition) is 2. The summed E-state index contributed by atoms with van der Waals surface area (Å²) in [5, 5.41) is 9.77. The number of nitrogens with zero attached hydrogens (tertiary/aromatic N) is 2. The van der Waals surface area contributed by atoms with Crippen LogP contribution in [0.3, 0.4) is 0 Å². The maximum absolute atomic E-state index is 8.99. The Kier molecular flexibility index (Phi) is 4.32. The van der Waals surface area contributed by atoms with Crippen molar-refractivity contribution in [3.63, 3.8) is 0 Å².